The SMILES string of the molecule is CC(=O)OC[C@H]1O[C@H](OCc2ccccc2)[C@H](O)[C@@H](OC(C)=O)[C@@H]1O. The molecule has 0 radical (unpaired) electrons. The second-order valence-electron chi connectivity index (χ2n) is 5.70. The van der Waals surface area contributed by atoms with E-state index in [1.165, 1.54) is 6.92 Å². The molecule has 1 fully saturated rings. The van der Waals surface area contributed by atoms with Crippen LogP contribution in [0.5, 0.6) is 0 Å². The van der Waals surface area contributed by atoms with Gasteiger partial charge in [0.2, 0.25) is 0 Å². The van der Waals surface area contributed by atoms with Gasteiger partial charge in [-0.05, 0) is 5.56 Å². The molecule has 1 aliphatic heterocycles. The highest BCUT2D eigenvalue weighted by atomic mass is 16.7. The lowest BCUT2D eigenvalue weighted by Gasteiger charge is -2.41. The van der Waals surface area contributed by atoms with Gasteiger partial charge in [0.15, 0.2) is 12.4 Å². The van der Waals surface area contributed by atoms with Crippen molar-refractivity contribution in [2.45, 2.75) is 51.2 Å². The molecule has 0 aliphatic carbocycles. The van der Waals surface area contributed by atoms with E-state index in [4.69, 9.17) is 18.9 Å². The van der Waals surface area contributed by atoms with Crippen LogP contribution in [0.4, 0.5) is 0 Å². The normalized spacial score (nSPS) is 29.0. The third-order valence-electron chi connectivity index (χ3n) is 3.65. The molecule has 2 N–H and O–H groups in total. The Bertz CT molecular complexity index is 575. The molecule has 1 aliphatic rings. The van der Waals surface area contributed by atoms with Crippen LogP contribution in [0.1, 0.15) is 19.4 Å². The summed E-state index contributed by atoms with van der Waals surface area (Å²) in [5.41, 5.74) is 0.852. The summed E-state index contributed by atoms with van der Waals surface area (Å²) in [7, 11) is 0. The molecule has 1 heterocycles. The molecule has 0 spiro atoms. The van der Waals surface area contributed by atoms with Crippen LogP contribution in [-0.2, 0) is 35.1 Å². The smallest absolute Gasteiger partial charge is 0.303 e. The Kier molecular flexibility index (Phi) is 6.89. The number of carbonyl (C=O) groups is 2. The van der Waals surface area contributed by atoms with Crippen LogP contribution < -0.4 is 0 Å². The molecule has 1 saturated heterocycles. The lowest BCUT2D eigenvalue weighted by atomic mass is 9.99. The second kappa shape index (κ2) is 8.91. The standard InChI is InChI=1S/C17H22O8/c1-10(18)22-9-13-14(20)16(24-11(2)19)15(21)17(25-13)23-8-12-6-4-3-5-7-12/h3-7,13-17,20-21H,8-9H2,1-2H3/t13-,14-,15-,16+,17+/m1/s1. The predicted molar refractivity (Wildman–Crippen MR) is 84.1 cm³/mol. The van der Waals surface area contributed by atoms with Crippen molar-refractivity contribution in [2.75, 3.05) is 6.61 Å². The average Bonchev–Trinajstić information content (AvgIpc) is 2.57. The van der Waals surface area contributed by atoms with Crippen molar-refractivity contribution >= 4 is 11.9 Å². The van der Waals surface area contributed by atoms with Gasteiger partial charge in [0.25, 0.3) is 0 Å². The number of aliphatic hydroxyl groups excluding tert-OH is 2. The molecule has 1 aromatic rings. The summed E-state index contributed by atoms with van der Waals surface area (Å²) < 4.78 is 20.9. The lowest BCUT2D eigenvalue weighted by Crippen LogP contribution is -2.60. The molecule has 2 rings (SSSR count). The number of aliphatic hydroxyl groups is 2. The molecular formula is C17H22O8. The summed E-state index contributed by atoms with van der Waals surface area (Å²) in [6.45, 7) is 2.27. The van der Waals surface area contributed by atoms with Gasteiger partial charge in [-0.1, -0.05) is 30.3 Å². The highest BCUT2D eigenvalue weighted by Crippen LogP contribution is 2.25. The molecular weight excluding hydrogens is 332 g/mol. The highest BCUT2D eigenvalue weighted by Gasteiger charge is 2.47. The molecule has 1 aromatic carbocycles. The van der Waals surface area contributed by atoms with E-state index in [9.17, 15) is 19.8 Å². The van der Waals surface area contributed by atoms with Gasteiger partial charge >= 0.3 is 11.9 Å². The summed E-state index contributed by atoms with van der Waals surface area (Å²) in [4.78, 5) is 22.2. The molecule has 8 nitrogen and oxygen atoms in total. The maximum absolute atomic E-state index is 11.3. The second-order valence-corrected chi connectivity index (χ2v) is 5.70. The highest BCUT2D eigenvalue weighted by molar-refractivity contribution is 5.66. The van der Waals surface area contributed by atoms with E-state index in [0.29, 0.717) is 0 Å². The van der Waals surface area contributed by atoms with Crippen molar-refractivity contribution in [3.05, 3.63) is 35.9 Å². The van der Waals surface area contributed by atoms with Gasteiger partial charge in [0, 0.05) is 13.8 Å². The van der Waals surface area contributed by atoms with Gasteiger partial charge in [0.05, 0.1) is 6.61 Å². The van der Waals surface area contributed by atoms with E-state index in [2.05, 4.69) is 0 Å². The van der Waals surface area contributed by atoms with Crippen LogP contribution >= 0.6 is 0 Å². The van der Waals surface area contributed by atoms with Crippen molar-refractivity contribution in [1.29, 1.82) is 0 Å². The van der Waals surface area contributed by atoms with E-state index in [1.54, 1.807) is 0 Å². The molecule has 0 unspecified atom stereocenters. The largest absolute Gasteiger partial charge is 0.463 e. The number of rotatable bonds is 6. The molecule has 25 heavy (non-hydrogen) atoms. The Morgan fingerprint density at radius 3 is 2.36 bits per heavy atom. The monoisotopic (exact) mass is 354 g/mol. The van der Waals surface area contributed by atoms with E-state index in [1.807, 2.05) is 30.3 Å². The molecule has 8 heteroatoms. The first-order valence-corrected chi connectivity index (χ1v) is 7.86. The zero-order valence-electron chi connectivity index (χ0n) is 14.0. The Hall–Kier alpha value is -2.00. The van der Waals surface area contributed by atoms with E-state index in [0.717, 1.165) is 12.5 Å². The number of benzene rings is 1. The fourth-order valence-electron chi connectivity index (χ4n) is 2.46. The van der Waals surface area contributed by atoms with E-state index >= 15 is 0 Å². The molecule has 0 amide bonds. The maximum Gasteiger partial charge on any atom is 0.303 e. The number of ether oxygens (including phenoxy) is 4. The van der Waals surface area contributed by atoms with Gasteiger partial charge in [-0.3, -0.25) is 9.59 Å². The molecule has 0 aromatic heterocycles. The minimum atomic E-state index is -1.39. The van der Waals surface area contributed by atoms with Crippen LogP contribution in [0.15, 0.2) is 30.3 Å². The summed E-state index contributed by atoms with van der Waals surface area (Å²) in [5, 5.41) is 20.6. The zero-order chi connectivity index (χ0) is 18.4. The first-order valence-electron chi connectivity index (χ1n) is 7.86. The zero-order valence-corrected chi connectivity index (χ0v) is 14.0. The van der Waals surface area contributed by atoms with Gasteiger partial charge in [-0.2, -0.15) is 0 Å². The number of esters is 2. The summed E-state index contributed by atoms with van der Waals surface area (Å²) in [5.74, 6) is -1.22. The third kappa shape index (κ3) is 5.50. The van der Waals surface area contributed by atoms with Crippen LogP contribution in [0.25, 0.3) is 0 Å². The van der Waals surface area contributed by atoms with Crippen LogP contribution in [0.3, 0.4) is 0 Å². The van der Waals surface area contributed by atoms with Crippen molar-refractivity contribution in [3.63, 3.8) is 0 Å². The summed E-state index contributed by atoms with van der Waals surface area (Å²) in [6.07, 6.45) is -6.18. The average molecular weight is 354 g/mol. The maximum atomic E-state index is 11.3. The lowest BCUT2D eigenvalue weighted by molar-refractivity contribution is -0.306. The van der Waals surface area contributed by atoms with Crippen molar-refractivity contribution in [2.24, 2.45) is 0 Å². The van der Waals surface area contributed by atoms with Crippen LogP contribution in [0, 0.1) is 0 Å². The fraction of sp³-hybridized carbons (Fsp3) is 0.529. The first kappa shape index (κ1) is 19.3. The fourth-order valence-corrected chi connectivity index (χ4v) is 2.46. The quantitative estimate of drug-likeness (QED) is 0.694. The van der Waals surface area contributed by atoms with Gasteiger partial charge < -0.3 is 29.2 Å². The number of carbonyl (C=O) groups excluding carboxylic acids is 2. The van der Waals surface area contributed by atoms with Crippen molar-refractivity contribution in [1.82, 2.24) is 0 Å². The van der Waals surface area contributed by atoms with Gasteiger partial charge in [-0.25, -0.2) is 0 Å². The van der Waals surface area contributed by atoms with E-state index < -0.39 is 42.6 Å². The minimum Gasteiger partial charge on any atom is -0.463 e. The van der Waals surface area contributed by atoms with Crippen molar-refractivity contribution in [3.8, 4) is 0 Å². The number of hydrogen-bond donors (Lipinski definition) is 2. The Labute approximate surface area is 145 Å². The Balaban J connectivity index is 2.07. The topological polar surface area (TPSA) is 112 Å². The van der Waals surface area contributed by atoms with E-state index in [-0.39, 0.29) is 13.2 Å². The predicted octanol–water partition coefficient (Wildman–Crippen LogP) is 0.145. The summed E-state index contributed by atoms with van der Waals surface area (Å²) >= 11 is 0. The first-order chi connectivity index (χ1) is 11.9. The number of hydrogen-bond acceptors (Lipinski definition) is 8. The van der Waals surface area contributed by atoms with Crippen LogP contribution in [-0.4, -0.2) is 59.5 Å². The molecule has 0 bridgehead atoms. The molecule has 0 saturated carbocycles. The van der Waals surface area contributed by atoms with Gasteiger partial charge in [-0.15, -0.1) is 0 Å². The molecule has 5 atom stereocenters. The Morgan fingerprint density at radius 2 is 1.76 bits per heavy atom. The molecule has 138 valence electrons. The minimum absolute atomic E-state index is 0.145. The Morgan fingerprint density at radius 1 is 1.08 bits per heavy atom. The third-order valence-corrected chi connectivity index (χ3v) is 3.65. The summed E-state index contributed by atoms with van der Waals surface area (Å²) in [6, 6.07) is 9.21. The van der Waals surface area contributed by atoms with Gasteiger partial charge in [0.1, 0.15) is 24.9 Å². The van der Waals surface area contributed by atoms with Crippen LogP contribution in [0.2, 0.25) is 0 Å². The van der Waals surface area contributed by atoms with Crippen molar-refractivity contribution < 1.29 is 38.7 Å².